The van der Waals surface area contributed by atoms with Gasteiger partial charge >= 0.3 is 17.1 Å². The summed E-state index contributed by atoms with van der Waals surface area (Å²) in [6, 6.07) is 4.84. The van der Waals surface area contributed by atoms with Gasteiger partial charge in [-0.3, -0.25) is 4.98 Å². The zero-order chi connectivity index (χ0) is 14.2. The fourth-order valence-corrected chi connectivity index (χ4v) is 1.98. The minimum Gasteiger partial charge on any atom is -0.497 e. The molecule has 7 nitrogen and oxygen atoms in total. The molecule has 8 heteroatoms. The Kier molecular flexibility index (Phi) is 3.43. The normalized spacial score (nSPS) is 10.5. The highest BCUT2D eigenvalue weighted by atomic mass is 79.9. The molecule has 2 rings (SSSR count). The lowest BCUT2D eigenvalue weighted by atomic mass is 10.3. The van der Waals surface area contributed by atoms with Crippen LogP contribution in [0.4, 0.5) is 0 Å². The molecule has 0 spiro atoms. The molecule has 0 saturated heterocycles. The van der Waals surface area contributed by atoms with Gasteiger partial charge in [-0.1, -0.05) is 0 Å². The van der Waals surface area contributed by atoms with Crippen molar-refractivity contribution in [2.45, 2.75) is 0 Å². The van der Waals surface area contributed by atoms with Gasteiger partial charge in [0.2, 0.25) is 0 Å². The largest absolute Gasteiger partial charge is 0.497 e. The van der Waals surface area contributed by atoms with Gasteiger partial charge < -0.3 is 4.74 Å². The molecule has 0 unspecified atom stereocenters. The van der Waals surface area contributed by atoms with Crippen molar-refractivity contribution in [1.82, 2.24) is 14.1 Å². The number of aromatic amines is 1. The van der Waals surface area contributed by atoms with Crippen molar-refractivity contribution < 1.29 is 4.74 Å². The number of aromatic nitrogens is 3. The van der Waals surface area contributed by atoms with Gasteiger partial charge in [0, 0.05) is 17.6 Å². The van der Waals surface area contributed by atoms with E-state index in [0.717, 1.165) is 9.13 Å². The molecule has 2 aromatic rings. The molecule has 0 aliphatic rings. The topological polar surface area (TPSA) is 86.1 Å². The molecule has 1 aromatic heterocycles. The number of H-pyrrole nitrogens is 1. The number of halogens is 1. The Labute approximate surface area is 115 Å². The second-order valence-electron chi connectivity index (χ2n) is 3.73. The third-order valence-electron chi connectivity index (χ3n) is 2.59. The van der Waals surface area contributed by atoms with E-state index >= 15 is 0 Å². The molecule has 0 saturated carbocycles. The number of hydrogen-bond donors (Lipinski definition) is 1. The van der Waals surface area contributed by atoms with Gasteiger partial charge in [0.05, 0.1) is 12.8 Å². The van der Waals surface area contributed by atoms with Gasteiger partial charge in [-0.25, -0.2) is 23.5 Å². The van der Waals surface area contributed by atoms with Crippen LogP contribution >= 0.6 is 15.9 Å². The van der Waals surface area contributed by atoms with E-state index < -0.39 is 17.1 Å². The standard InChI is InChI=1S/C11H10BrN3O4/c1-14-9(16)13-10(17)15(11(14)18)8-5-6(19-2)3-4-7(8)12/h3-5H,1-2H3,(H,13,16,17). The predicted octanol–water partition coefficient (Wildman–Crippen LogP) is -0.00440. The highest BCUT2D eigenvalue weighted by Crippen LogP contribution is 2.23. The number of benzene rings is 1. The summed E-state index contributed by atoms with van der Waals surface area (Å²) in [5.74, 6) is 0.485. The van der Waals surface area contributed by atoms with Gasteiger partial charge in [-0.05, 0) is 28.1 Å². The minimum absolute atomic E-state index is 0.293. The lowest BCUT2D eigenvalue weighted by molar-refractivity contribution is 0.414. The van der Waals surface area contributed by atoms with Gasteiger partial charge in [0.25, 0.3) is 0 Å². The highest BCUT2D eigenvalue weighted by molar-refractivity contribution is 9.10. The first-order valence-corrected chi connectivity index (χ1v) is 6.01. The third-order valence-corrected chi connectivity index (χ3v) is 3.26. The SMILES string of the molecule is COc1ccc(Br)c(-n2c(=O)[nH]c(=O)n(C)c2=O)c1. The summed E-state index contributed by atoms with van der Waals surface area (Å²) in [5, 5.41) is 0. The van der Waals surface area contributed by atoms with E-state index in [1.54, 1.807) is 12.1 Å². The van der Waals surface area contributed by atoms with Crippen LogP contribution in [0, 0.1) is 0 Å². The van der Waals surface area contributed by atoms with Gasteiger partial charge in [0.15, 0.2) is 0 Å². The maximum absolute atomic E-state index is 12.0. The molecule has 100 valence electrons. The summed E-state index contributed by atoms with van der Waals surface area (Å²) in [4.78, 5) is 37.2. The minimum atomic E-state index is -0.804. The smallest absolute Gasteiger partial charge is 0.340 e. The van der Waals surface area contributed by atoms with Crippen LogP contribution in [-0.2, 0) is 7.05 Å². The van der Waals surface area contributed by atoms with Crippen LogP contribution < -0.4 is 21.8 Å². The number of nitrogens with one attached hydrogen (secondary N) is 1. The molecule has 1 aromatic carbocycles. The predicted molar refractivity (Wildman–Crippen MR) is 72.2 cm³/mol. The van der Waals surface area contributed by atoms with Crippen molar-refractivity contribution in [3.05, 3.63) is 54.1 Å². The Balaban J connectivity index is 2.87. The van der Waals surface area contributed by atoms with Crippen molar-refractivity contribution in [3.63, 3.8) is 0 Å². The van der Waals surface area contributed by atoms with Gasteiger partial charge in [0.1, 0.15) is 5.75 Å². The van der Waals surface area contributed by atoms with E-state index in [0.29, 0.717) is 15.9 Å². The first kappa shape index (κ1) is 13.3. The first-order chi connectivity index (χ1) is 8.95. The Morgan fingerprint density at radius 1 is 1.21 bits per heavy atom. The lowest BCUT2D eigenvalue weighted by Gasteiger charge is -2.09. The molecule has 1 heterocycles. The zero-order valence-corrected chi connectivity index (χ0v) is 11.7. The van der Waals surface area contributed by atoms with E-state index in [1.807, 2.05) is 0 Å². The van der Waals surface area contributed by atoms with Crippen LogP contribution in [0.2, 0.25) is 0 Å². The third kappa shape index (κ3) is 2.26. The van der Waals surface area contributed by atoms with Crippen molar-refractivity contribution in [2.24, 2.45) is 7.05 Å². The van der Waals surface area contributed by atoms with E-state index in [4.69, 9.17) is 4.74 Å². The molecule has 19 heavy (non-hydrogen) atoms. The summed E-state index contributed by atoms with van der Waals surface area (Å²) in [5.41, 5.74) is -2.00. The maximum Gasteiger partial charge on any atom is 0.340 e. The zero-order valence-electron chi connectivity index (χ0n) is 10.1. The number of nitrogens with zero attached hydrogens (tertiary/aromatic N) is 2. The molecule has 1 N–H and O–H groups in total. The van der Waals surface area contributed by atoms with Crippen molar-refractivity contribution in [2.75, 3.05) is 7.11 Å². The van der Waals surface area contributed by atoms with Crippen LogP contribution in [0.25, 0.3) is 5.69 Å². The Bertz CT molecular complexity index is 803. The number of methoxy groups -OCH3 is 1. The van der Waals surface area contributed by atoms with Crippen LogP contribution in [0.15, 0.2) is 37.1 Å². The monoisotopic (exact) mass is 327 g/mol. The molecule has 0 fully saturated rings. The summed E-state index contributed by atoms with van der Waals surface area (Å²) in [6.45, 7) is 0. The summed E-state index contributed by atoms with van der Waals surface area (Å²) >= 11 is 3.25. The average Bonchev–Trinajstić information content (AvgIpc) is 2.38. The Morgan fingerprint density at radius 2 is 1.89 bits per heavy atom. The van der Waals surface area contributed by atoms with E-state index in [2.05, 4.69) is 20.9 Å². The molecule has 0 atom stereocenters. The molecule has 0 bridgehead atoms. The maximum atomic E-state index is 12.0. The van der Waals surface area contributed by atoms with Crippen LogP contribution in [0.1, 0.15) is 0 Å². The lowest BCUT2D eigenvalue weighted by Crippen LogP contribution is -2.47. The van der Waals surface area contributed by atoms with Crippen LogP contribution in [0.5, 0.6) is 5.75 Å². The van der Waals surface area contributed by atoms with Gasteiger partial charge in [-0.2, -0.15) is 0 Å². The quantitative estimate of drug-likeness (QED) is 0.841. The molecule has 0 aliphatic carbocycles. The molecular weight excluding hydrogens is 318 g/mol. The second kappa shape index (κ2) is 4.88. The average molecular weight is 328 g/mol. The first-order valence-electron chi connectivity index (χ1n) is 5.22. The number of hydrogen-bond acceptors (Lipinski definition) is 4. The second-order valence-corrected chi connectivity index (χ2v) is 4.58. The van der Waals surface area contributed by atoms with E-state index in [9.17, 15) is 14.4 Å². The fourth-order valence-electron chi connectivity index (χ4n) is 1.56. The molecule has 0 aliphatic heterocycles. The number of ether oxygens (including phenoxy) is 1. The molecular formula is C11H10BrN3O4. The van der Waals surface area contributed by atoms with Gasteiger partial charge in [-0.15, -0.1) is 0 Å². The van der Waals surface area contributed by atoms with Crippen LogP contribution in [0.3, 0.4) is 0 Å². The molecule has 0 radical (unpaired) electrons. The van der Waals surface area contributed by atoms with E-state index in [1.165, 1.54) is 20.2 Å². The fraction of sp³-hybridized carbons (Fsp3) is 0.182. The summed E-state index contributed by atoms with van der Waals surface area (Å²) < 4.78 is 7.24. The highest BCUT2D eigenvalue weighted by Gasteiger charge is 2.12. The Hall–Kier alpha value is -2.09. The van der Waals surface area contributed by atoms with Crippen molar-refractivity contribution in [1.29, 1.82) is 0 Å². The van der Waals surface area contributed by atoms with Crippen molar-refractivity contribution >= 4 is 15.9 Å². The van der Waals surface area contributed by atoms with E-state index in [-0.39, 0.29) is 0 Å². The number of rotatable bonds is 2. The molecule has 0 amide bonds. The summed E-state index contributed by atoms with van der Waals surface area (Å²) in [7, 11) is 2.76. The Morgan fingerprint density at radius 3 is 2.53 bits per heavy atom. The van der Waals surface area contributed by atoms with Crippen molar-refractivity contribution in [3.8, 4) is 11.4 Å². The van der Waals surface area contributed by atoms with Crippen LogP contribution in [-0.4, -0.2) is 21.2 Å². The summed E-state index contributed by atoms with van der Waals surface area (Å²) in [6.07, 6.45) is 0.